The summed E-state index contributed by atoms with van der Waals surface area (Å²) in [5, 5.41) is 25.9. The monoisotopic (exact) mass is 520 g/mol. The number of aromatic nitrogens is 3. The van der Waals surface area contributed by atoms with Crippen molar-refractivity contribution in [2.24, 2.45) is 0 Å². The zero-order valence-electron chi connectivity index (χ0n) is 20.3. The van der Waals surface area contributed by atoms with Gasteiger partial charge >= 0.3 is 0 Å². The van der Waals surface area contributed by atoms with E-state index in [2.05, 4.69) is 27.0 Å². The lowest BCUT2D eigenvalue weighted by Gasteiger charge is -2.15. The van der Waals surface area contributed by atoms with E-state index >= 15 is 0 Å². The number of hydrogen-bond acceptors (Lipinski definition) is 9. The SMILES string of the molecule is COc1ccc(C(=O)NCCn2cc(C(=O)NC(C#N)c3ccc4ccsc4c3)nn2)c(OC)c1OC. The minimum Gasteiger partial charge on any atom is -0.493 e. The van der Waals surface area contributed by atoms with Crippen LogP contribution in [0.1, 0.15) is 32.5 Å². The maximum Gasteiger partial charge on any atom is 0.274 e. The number of fused-ring (bicyclic) bond motifs is 1. The van der Waals surface area contributed by atoms with Crippen molar-refractivity contribution in [3.05, 3.63) is 64.8 Å². The number of nitrogens with one attached hydrogen (secondary N) is 2. The largest absolute Gasteiger partial charge is 0.493 e. The van der Waals surface area contributed by atoms with Gasteiger partial charge in [0.1, 0.15) is 6.04 Å². The van der Waals surface area contributed by atoms with Crippen LogP contribution in [0.4, 0.5) is 0 Å². The fourth-order valence-corrected chi connectivity index (χ4v) is 4.55. The molecule has 190 valence electrons. The zero-order valence-corrected chi connectivity index (χ0v) is 21.2. The molecule has 2 N–H and O–H groups in total. The van der Waals surface area contributed by atoms with Crippen molar-refractivity contribution in [3.63, 3.8) is 0 Å². The highest BCUT2D eigenvalue weighted by Crippen LogP contribution is 2.39. The summed E-state index contributed by atoms with van der Waals surface area (Å²) < 4.78 is 18.4. The van der Waals surface area contributed by atoms with E-state index in [4.69, 9.17) is 14.2 Å². The molecule has 1 unspecified atom stereocenters. The minimum absolute atomic E-state index is 0.0605. The summed E-state index contributed by atoms with van der Waals surface area (Å²) in [5.74, 6) is 0.105. The average molecular weight is 521 g/mol. The van der Waals surface area contributed by atoms with Crippen LogP contribution in [0.5, 0.6) is 17.2 Å². The number of thiophene rings is 1. The second-order valence-electron chi connectivity index (χ2n) is 7.76. The lowest BCUT2D eigenvalue weighted by Crippen LogP contribution is -2.28. The third-order valence-corrected chi connectivity index (χ3v) is 6.44. The smallest absolute Gasteiger partial charge is 0.274 e. The van der Waals surface area contributed by atoms with Crippen LogP contribution in [0.3, 0.4) is 0 Å². The lowest BCUT2D eigenvalue weighted by atomic mass is 10.1. The molecule has 4 rings (SSSR count). The van der Waals surface area contributed by atoms with Crippen LogP contribution in [0.25, 0.3) is 10.1 Å². The first kappa shape index (κ1) is 25.5. The van der Waals surface area contributed by atoms with Crippen molar-refractivity contribution in [1.29, 1.82) is 5.26 Å². The summed E-state index contributed by atoms with van der Waals surface area (Å²) in [6.07, 6.45) is 1.45. The van der Waals surface area contributed by atoms with Crippen LogP contribution < -0.4 is 24.8 Å². The Morgan fingerprint density at radius 1 is 1.08 bits per heavy atom. The third-order valence-electron chi connectivity index (χ3n) is 5.56. The summed E-state index contributed by atoms with van der Waals surface area (Å²) >= 11 is 1.56. The molecule has 2 aromatic carbocycles. The van der Waals surface area contributed by atoms with Crippen LogP contribution in [-0.4, -0.2) is 54.7 Å². The predicted octanol–water partition coefficient (Wildman–Crippen LogP) is 2.94. The molecule has 11 nitrogen and oxygen atoms in total. The van der Waals surface area contributed by atoms with E-state index in [9.17, 15) is 14.9 Å². The fourth-order valence-electron chi connectivity index (χ4n) is 3.72. The minimum atomic E-state index is -0.833. The highest BCUT2D eigenvalue weighted by Gasteiger charge is 2.21. The molecule has 1 atom stereocenters. The average Bonchev–Trinajstić information content (AvgIpc) is 3.59. The fraction of sp³-hybridized carbons (Fsp3) is 0.240. The van der Waals surface area contributed by atoms with E-state index in [0.717, 1.165) is 10.1 Å². The molecule has 0 radical (unpaired) electrons. The van der Waals surface area contributed by atoms with Crippen LogP contribution in [0.2, 0.25) is 0 Å². The number of carbonyl (C=O) groups excluding carboxylic acids is 2. The predicted molar refractivity (Wildman–Crippen MR) is 136 cm³/mol. The Kier molecular flexibility index (Phi) is 7.85. The molecule has 2 heterocycles. The zero-order chi connectivity index (χ0) is 26.4. The van der Waals surface area contributed by atoms with Gasteiger partial charge in [0, 0.05) is 11.2 Å². The molecule has 0 fully saturated rings. The van der Waals surface area contributed by atoms with Gasteiger partial charge in [0.15, 0.2) is 17.2 Å². The number of nitrogens with zero attached hydrogens (tertiary/aromatic N) is 4. The first-order valence-corrected chi connectivity index (χ1v) is 12.0. The number of hydrogen-bond donors (Lipinski definition) is 2. The molecule has 0 aliphatic rings. The molecular formula is C25H24N6O5S. The number of carbonyl (C=O) groups is 2. The van der Waals surface area contributed by atoms with Crippen molar-refractivity contribution in [2.75, 3.05) is 27.9 Å². The van der Waals surface area contributed by atoms with Gasteiger partial charge in [-0.3, -0.25) is 9.59 Å². The van der Waals surface area contributed by atoms with Gasteiger partial charge in [-0.15, -0.1) is 16.4 Å². The Bertz CT molecular complexity index is 1470. The normalized spacial score (nSPS) is 11.4. The van der Waals surface area contributed by atoms with Gasteiger partial charge in [-0.25, -0.2) is 4.68 Å². The van der Waals surface area contributed by atoms with Crippen LogP contribution in [0, 0.1) is 11.3 Å². The van der Waals surface area contributed by atoms with Gasteiger partial charge in [-0.05, 0) is 40.6 Å². The second kappa shape index (κ2) is 11.4. The highest BCUT2D eigenvalue weighted by molar-refractivity contribution is 7.17. The summed E-state index contributed by atoms with van der Waals surface area (Å²) in [5.41, 5.74) is 1.03. The van der Waals surface area contributed by atoms with Crippen molar-refractivity contribution in [1.82, 2.24) is 25.6 Å². The molecule has 0 spiro atoms. The molecule has 0 saturated heterocycles. The van der Waals surface area contributed by atoms with E-state index in [1.54, 1.807) is 23.5 Å². The second-order valence-corrected chi connectivity index (χ2v) is 8.71. The van der Waals surface area contributed by atoms with E-state index in [0.29, 0.717) is 17.1 Å². The van der Waals surface area contributed by atoms with Crippen molar-refractivity contribution in [2.45, 2.75) is 12.6 Å². The van der Waals surface area contributed by atoms with Gasteiger partial charge in [0.05, 0.1) is 45.7 Å². The Balaban J connectivity index is 1.35. The van der Waals surface area contributed by atoms with E-state index in [-0.39, 0.29) is 36.0 Å². The van der Waals surface area contributed by atoms with Crippen molar-refractivity contribution < 1.29 is 23.8 Å². The summed E-state index contributed by atoms with van der Waals surface area (Å²) in [6.45, 7) is 0.473. The number of rotatable bonds is 10. The molecule has 4 aromatic rings. The molecule has 0 saturated carbocycles. The van der Waals surface area contributed by atoms with E-state index < -0.39 is 11.9 Å². The third kappa shape index (κ3) is 5.46. The Morgan fingerprint density at radius 3 is 2.62 bits per heavy atom. The Labute approximate surface area is 216 Å². The summed E-state index contributed by atoms with van der Waals surface area (Å²) in [7, 11) is 4.39. The van der Waals surface area contributed by atoms with Crippen LogP contribution >= 0.6 is 11.3 Å². The highest BCUT2D eigenvalue weighted by atomic mass is 32.1. The van der Waals surface area contributed by atoms with Gasteiger partial charge in [-0.1, -0.05) is 17.3 Å². The standard InChI is InChI=1S/C25H24N6O5S/c1-34-20-7-6-17(22(35-2)23(20)36-3)24(32)27-9-10-31-14-19(29-30-31)25(33)28-18(13-26)16-5-4-15-8-11-37-21(15)12-16/h4-8,11-12,14,18H,9-10H2,1-3H3,(H,27,32)(H,28,33). The molecule has 0 aliphatic heterocycles. The summed E-state index contributed by atoms with van der Waals surface area (Å²) in [6, 6.07) is 12.1. The molecule has 12 heteroatoms. The number of nitriles is 1. The Morgan fingerprint density at radius 2 is 1.89 bits per heavy atom. The first-order chi connectivity index (χ1) is 18.0. The number of methoxy groups -OCH3 is 3. The van der Waals surface area contributed by atoms with E-state index in [1.807, 2.05) is 29.6 Å². The van der Waals surface area contributed by atoms with Gasteiger partial charge < -0.3 is 24.8 Å². The van der Waals surface area contributed by atoms with Gasteiger partial charge in [-0.2, -0.15) is 5.26 Å². The number of benzene rings is 2. The molecule has 2 amide bonds. The number of amides is 2. The molecule has 2 aromatic heterocycles. The van der Waals surface area contributed by atoms with E-state index in [1.165, 1.54) is 32.2 Å². The van der Waals surface area contributed by atoms with Gasteiger partial charge in [0.2, 0.25) is 5.75 Å². The topological polar surface area (TPSA) is 140 Å². The Hall–Kier alpha value is -4.63. The maximum absolute atomic E-state index is 12.7. The molecular weight excluding hydrogens is 496 g/mol. The van der Waals surface area contributed by atoms with Crippen molar-refractivity contribution >= 4 is 33.2 Å². The quantitative estimate of drug-likeness (QED) is 0.325. The summed E-state index contributed by atoms with van der Waals surface area (Å²) in [4.78, 5) is 25.4. The molecule has 37 heavy (non-hydrogen) atoms. The molecule has 0 bridgehead atoms. The van der Waals surface area contributed by atoms with Crippen LogP contribution in [0.15, 0.2) is 48.0 Å². The van der Waals surface area contributed by atoms with Crippen molar-refractivity contribution in [3.8, 4) is 23.3 Å². The molecule has 0 aliphatic carbocycles. The van der Waals surface area contributed by atoms with Gasteiger partial charge in [0.25, 0.3) is 11.8 Å². The number of ether oxygens (including phenoxy) is 3. The first-order valence-electron chi connectivity index (χ1n) is 11.1. The lowest BCUT2D eigenvalue weighted by molar-refractivity contribution is 0.0934. The maximum atomic E-state index is 12.7. The van der Waals surface area contributed by atoms with Crippen LogP contribution in [-0.2, 0) is 6.54 Å².